The molecule has 1 atom stereocenters. The van der Waals surface area contributed by atoms with Crippen molar-refractivity contribution in [1.82, 2.24) is 15.1 Å². The maximum absolute atomic E-state index is 13.5. The second-order valence-electron chi connectivity index (χ2n) is 9.16. The van der Waals surface area contributed by atoms with E-state index in [4.69, 9.17) is 0 Å². The Balaban J connectivity index is 1.34. The summed E-state index contributed by atoms with van der Waals surface area (Å²) in [6.07, 6.45) is 4.40. The minimum Gasteiger partial charge on any atom is -0.351 e. The van der Waals surface area contributed by atoms with Gasteiger partial charge in [0.05, 0.1) is 6.04 Å². The molecule has 2 aromatic rings. The molecular formula is C26H33FN4O2. The number of aryl methyl sites for hydroxylation is 1. The lowest BCUT2D eigenvalue weighted by molar-refractivity contribution is -0.129. The van der Waals surface area contributed by atoms with E-state index in [-0.39, 0.29) is 23.8 Å². The van der Waals surface area contributed by atoms with Crippen LogP contribution in [0.2, 0.25) is 0 Å². The first-order chi connectivity index (χ1) is 16.0. The molecule has 1 heterocycles. The second kappa shape index (κ2) is 10.8. The maximum atomic E-state index is 13.5. The molecule has 1 saturated heterocycles. The minimum absolute atomic E-state index is 0.00344. The van der Waals surface area contributed by atoms with Crippen molar-refractivity contribution in [1.29, 1.82) is 0 Å². The predicted octanol–water partition coefficient (Wildman–Crippen LogP) is 4.16. The van der Waals surface area contributed by atoms with Gasteiger partial charge in [0.1, 0.15) is 5.82 Å². The quantitative estimate of drug-likeness (QED) is 0.692. The summed E-state index contributed by atoms with van der Waals surface area (Å²) in [7, 11) is 0. The molecule has 4 rings (SSSR count). The third-order valence-corrected chi connectivity index (χ3v) is 6.77. The molecule has 0 spiro atoms. The zero-order valence-corrected chi connectivity index (χ0v) is 19.2. The number of amides is 3. The highest BCUT2D eigenvalue weighted by atomic mass is 19.1. The third kappa shape index (κ3) is 6.11. The van der Waals surface area contributed by atoms with Crippen LogP contribution in [0.25, 0.3) is 0 Å². The molecule has 6 nitrogen and oxygen atoms in total. The molecule has 2 fully saturated rings. The third-order valence-electron chi connectivity index (χ3n) is 6.77. The zero-order valence-electron chi connectivity index (χ0n) is 19.2. The highest BCUT2D eigenvalue weighted by molar-refractivity contribution is 5.89. The van der Waals surface area contributed by atoms with Crippen LogP contribution in [0.1, 0.15) is 36.8 Å². The Labute approximate surface area is 195 Å². The number of carbonyl (C=O) groups is 2. The monoisotopic (exact) mass is 452 g/mol. The van der Waals surface area contributed by atoms with E-state index in [0.717, 1.165) is 42.5 Å². The largest absolute Gasteiger partial charge is 0.351 e. The van der Waals surface area contributed by atoms with E-state index in [9.17, 15) is 14.0 Å². The van der Waals surface area contributed by atoms with Crippen LogP contribution in [0.15, 0.2) is 48.5 Å². The van der Waals surface area contributed by atoms with E-state index in [1.54, 1.807) is 6.07 Å². The van der Waals surface area contributed by atoms with Crippen molar-refractivity contribution in [3.8, 4) is 0 Å². The van der Waals surface area contributed by atoms with Gasteiger partial charge in [-0.1, -0.05) is 42.7 Å². The first-order valence-electron chi connectivity index (χ1n) is 11.9. The number of hydrogen-bond donors (Lipinski definition) is 2. The molecule has 3 amide bonds. The van der Waals surface area contributed by atoms with Crippen molar-refractivity contribution in [3.05, 3.63) is 65.5 Å². The fourth-order valence-electron chi connectivity index (χ4n) is 4.93. The smallest absolute Gasteiger partial charge is 0.321 e. The lowest BCUT2D eigenvalue weighted by Gasteiger charge is -2.40. The lowest BCUT2D eigenvalue weighted by Crippen LogP contribution is -2.58. The van der Waals surface area contributed by atoms with E-state index in [1.165, 1.54) is 12.1 Å². The van der Waals surface area contributed by atoms with Crippen molar-refractivity contribution in [2.24, 2.45) is 5.92 Å². The zero-order chi connectivity index (χ0) is 23.2. The molecule has 1 aliphatic carbocycles. The fraction of sp³-hybridized carbons (Fsp3) is 0.462. The van der Waals surface area contributed by atoms with Gasteiger partial charge in [-0.25, -0.2) is 9.18 Å². The van der Waals surface area contributed by atoms with Crippen LogP contribution >= 0.6 is 0 Å². The van der Waals surface area contributed by atoms with Crippen LogP contribution in [0, 0.1) is 18.7 Å². The summed E-state index contributed by atoms with van der Waals surface area (Å²) in [5, 5.41) is 5.99. The molecule has 2 N–H and O–H groups in total. The Morgan fingerprint density at radius 3 is 2.39 bits per heavy atom. The van der Waals surface area contributed by atoms with Gasteiger partial charge >= 0.3 is 6.03 Å². The van der Waals surface area contributed by atoms with Gasteiger partial charge in [0.25, 0.3) is 0 Å². The van der Waals surface area contributed by atoms with Gasteiger partial charge in [0, 0.05) is 38.4 Å². The summed E-state index contributed by atoms with van der Waals surface area (Å²) in [4.78, 5) is 30.0. The molecule has 1 saturated carbocycles. The van der Waals surface area contributed by atoms with Gasteiger partial charge in [-0.3, -0.25) is 9.69 Å². The molecule has 2 aliphatic rings. The number of rotatable bonds is 6. The van der Waals surface area contributed by atoms with Crippen LogP contribution in [0.5, 0.6) is 0 Å². The normalized spacial score (nSPS) is 18.2. The van der Waals surface area contributed by atoms with Crippen LogP contribution in [0.4, 0.5) is 14.9 Å². The molecule has 2 aromatic carbocycles. The van der Waals surface area contributed by atoms with Gasteiger partial charge in [0.15, 0.2) is 0 Å². The molecule has 7 heteroatoms. The molecule has 0 aromatic heterocycles. The summed E-state index contributed by atoms with van der Waals surface area (Å²) >= 11 is 0. The number of halogens is 1. The number of benzene rings is 2. The predicted molar refractivity (Wildman–Crippen MR) is 127 cm³/mol. The van der Waals surface area contributed by atoms with E-state index in [0.29, 0.717) is 38.6 Å². The number of anilines is 1. The Bertz CT molecular complexity index is 951. The molecule has 1 unspecified atom stereocenters. The summed E-state index contributed by atoms with van der Waals surface area (Å²) in [5.41, 5.74) is 2.69. The standard InChI is InChI=1S/C26H33FN4O2/c1-19-9-11-23(12-10-19)29-26(33)31-15-13-30(14-16-31)24(21-6-2-3-7-21)25(32)28-18-20-5-4-8-22(27)17-20/h4-5,8-12,17,21,24H,2-3,6-7,13-16,18H2,1H3,(H,28,32)(H,29,33). The average molecular weight is 453 g/mol. The Kier molecular flexibility index (Phi) is 7.60. The number of nitrogens with one attached hydrogen (secondary N) is 2. The first-order valence-corrected chi connectivity index (χ1v) is 11.9. The summed E-state index contributed by atoms with van der Waals surface area (Å²) in [5.74, 6) is 0.0308. The molecule has 176 valence electrons. The summed E-state index contributed by atoms with van der Waals surface area (Å²) in [6, 6.07) is 13.8. The van der Waals surface area contributed by atoms with Crippen molar-refractivity contribution in [2.45, 2.75) is 45.2 Å². The van der Waals surface area contributed by atoms with Crippen molar-refractivity contribution >= 4 is 17.6 Å². The Hall–Kier alpha value is -2.93. The molecule has 0 radical (unpaired) electrons. The topological polar surface area (TPSA) is 64.7 Å². The fourth-order valence-corrected chi connectivity index (χ4v) is 4.93. The van der Waals surface area contributed by atoms with Crippen molar-refractivity contribution < 1.29 is 14.0 Å². The average Bonchev–Trinajstić information content (AvgIpc) is 3.34. The number of urea groups is 1. The number of nitrogens with zero attached hydrogens (tertiary/aromatic N) is 2. The minimum atomic E-state index is -0.297. The second-order valence-corrected chi connectivity index (χ2v) is 9.16. The van der Waals surface area contributed by atoms with Crippen LogP contribution in [0.3, 0.4) is 0 Å². The van der Waals surface area contributed by atoms with E-state index < -0.39 is 0 Å². The lowest BCUT2D eigenvalue weighted by atomic mass is 9.95. The number of piperazine rings is 1. The maximum Gasteiger partial charge on any atom is 0.321 e. The highest BCUT2D eigenvalue weighted by Gasteiger charge is 2.37. The van der Waals surface area contributed by atoms with E-state index >= 15 is 0 Å². The number of carbonyl (C=O) groups excluding carboxylic acids is 2. The van der Waals surface area contributed by atoms with Gasteiger partial charge in [-0.2, -0.15) is 0 Å². The number of hydrogen-bond acceptors (Lipinski definition) is 3. The Morgan fingerprint density at radius 1 is 1.03 bits per heavy atom. The van der Waals surface area contributed by atoms with Gasteiger partial charge < -0.3 is 15.5 Å². The first kappa shape index (κ1) is 23.2. The van der Waals surface area contributed by atoms with Gasteiger partial charge in [0.2, 0.25) is 5.91 Å². The SMILES string of the molecule is Cc1ccc(NC(=O)N2CCN(C(C(=O)NCc3cccc(F)c3)C3CCCC3)CC2)cc1. The highest BCUT2D eigenvalue weighted by Crippen LogP contribution is 2.31. The van der Waals surface area contributed by atoms with Crippen LogP contribution in [-0.4, -0.2) is 54.0 Å². The summed E-state index contributed by atoms with van der Waals surface area (Å²) in [6.45, 7) is 4.82. The van der Waals surface area contributed by atoms with E-state index in [1.807, 2.05) is 42.2 Å². The summed E-state index contributed by atoms with van der Waals surface area (Å²) < 4.78 is 13.5. The molecule has 33 heavy (non-hydrogen) atoms. The van der Waals surface area contributed by atoms with Gasteiger partial charge in [-0.15, -0.1) is 0 Å². The van der Waals surface area contributed by atoms with Gasteiger partial charge in [-0.05, 0) is 55.5 Å². The molecular weight excluding hydrogens is 419 g/mol. The Morgan fingerprint density at radius 2 is 1.73 bits per heavy atom. The van der Waals surface area contributed by atoms with Crippen molar-refractivity contribution in [3.63, 3.8) is 0 Å². The molecule has 0 bridgehead atoms. The van der Waals surface area contributed by atoms with E-state index in [2.05, 4.69) is 15.5 Å². The van der Waals surface area contributed by atoms with Crippen LogP contribution < -0.4 is 10.6 Å². The van der Waals surface area contributed by atoms with Crippen LogP contribution in [-0.2, 0) is 11.3 Å². The van der Waals surface area contributed by atoms with Crippen molar-refractivity contribution in [2.75, 3.05) is 31.5 Å². The molecule has 1 aliphatic heterocycles.